The minimum atomic E-state index is -1.15. The summed E-state index contributed by atoms with van der Waals surface area (Å²) in [5.74, 6) is -0.228. The van der Waals surface area contributed by atoms with Crippen LogP contribution in [0.5, 0.6) is 0 Å². The molecule has 4 rings (SSSR count). The van der Waals surface area contributed by atoms with E-state index in [4.69, 9.17) is 9.47 Å². The number of benzene rings is 1. The molecular formula is C19H21N3O6. The highest BCUT2D eigenvalue weighted by molar-refractivity contribution is 6.03. The molecule has 9 nitrogen and oxygen atoms in total. The molecule has 1 aromatic carbocycles. The zero-order valence-corrected chi connectivity index (χ0v) is 15.2. The number of aliphatic hydroxyl groups excluding tert-OH is 2. The smallest absolute Gasteiger partial charge is 0.351 e. The largest absolute Gasteiger partial charge is 0.393 e. The summed E-state index contributed by atoms with van der Waals surface area (Å²) >= 11 is 0. The molecule has 2 aromatic rings. The van der Waals surface area contributed by atoms with Gasteiger partial charge in [-0.2, -0.15) is 4.98 Å². The van der Waals surface area contributed by atoms with E-state index in [1.54, 1.807) is 37.3 Å². The molecule has 2 aliphatic heterocycles. The number of amides is 1. The lowest BCUT2D eigenvalue weighted by Gasteiger charge is -2.33. The van der Waals surface area contributed by atoms with Crippen molar-refractivity contribution in [3.8, 4) is 0 Å². The predicted molar refractivity (Wildman–Crippen MR) is 97.9 cm³/mol. The van der Waals surface area contributed by atoms with Crippen molar-refractivity contribution >= 4 is 11.7 Å². The second-order valence-corrected chi connectivity index (χ2v) is 7.04. The van der Waals surface area contributed by atoms with Gasteiger partial charge in [0.2, 0.25) is 0 Å². The Morgan fingerprint density at radius 2 is 2.14 bits per heavy atom. The number of nitrogens with one attached hydrogen (secondary N) is 1. The van der Waals surface area contributed by atoms with E-state index in [0.29, 0.717) is 24.2 Å². The summed E-state index contributed by atoms with van der Waals surface area (Å²) in [6.07, 6.45) is -0.931. The van der Waals surface area contributed by atoms with Crippen molar-refractivity contribution < 1.29 is 24.5 Å². The quantitative estimate of drug-likeness (QED) is 0.685. The van der Waals surface area contributed by atoms with E-state index in [2.05, 4.69) is 10.3 Å². The van der Waals surface area contributed by atoms with Crippen LogP contribution in [0.15, 0.2) is 41.3 Å². The molecule has 1 aromatic heterocycles. The van der Waals surface area contributed by atoms with Crippen LogP contribution >= 0.6 is 0 Å². The number of hydrogen-bond donors (Lipinski definition) is 3. The minimum absolute atomic E-state index is 0.148. The van der Waals surface area contributed by atoms with Gasteiger partial charge in [0.15, 0.2) is 6.23 Å². The van der Waals surface area contributed by atoms with Crippen molar-refractivity contribution in [3.63, 3.8) is 0 Å². The Kier molecular flexibility index (Phi) is 4.76. The first-order valence-electron chi connectivity index (χ1n) is 9.00. The van der Waals surface area contributed by atoms with Crippen molar-refractivity contribution in [1.29, 1.82) is 0 Å². The molecule has 1 amide bonds. The standard InChI is InChI=1S/C19H21N3O6/c1-11-9-22(17-13-14(24)19(10-23,28-17)7-8-27-13)18(26)21-15(11)20-16(25)12-5-3-2-4-6-12/h2-6,9,13-14,17,23-24H,7-8,10H2,1H3,(H,20,21,25,26)/t13-,14?,17+,19+/m0/s1. The van der Waals surface area contributed by atoms with Gasteiger partial charge in [0, 0.05) is 23.7 Å². The molecule has 2 fully saturated rings. The molecule has 3 N–H and O–H groups in total. The third-order valence-electron chi connectivity index (χ3n) is 5.27. The second-order valence-electron chi connectivity index (χ2n) is 7.04. The van der Waals surface area contributed by atoms with Crippen molar-refractivity contribution in [2.24, 2.45) is 0 Å². The number of fused-ring (bicyclic) bond motifs is 2. The van der Waals surface area contributed by atoms with Crippen LogP contribution in [0.2, 0.25) is 0 Å². The second kappa shape index (κ2) is 7.10. The Balaban J connectivity index is 1.62. The van der Waals surface area contributed by atoms with Crippen LogP contribution in [0, 0.1) is 6.92 Å². The molecule has 2 bridgehead atoms. The number of aryl methyl sites for hydroxylation is 1. The van der Waals surface area contributed by atoms with Gasteiger partial charge in [-0.1, -0.05) is 18.2 Å². The Labute approximate surface area is 160 Å². The van der Waals surface area contributed by atoms with Crippen LogP contribution in [0.25, 0.3) is 0 Å². The Hall–Kier alpha value is -2.59. The Bertz CT molecular complexity index is 946. The monoisotopic (exact) mass is 387 g/mol. The molecule has 28 heavy (non-hydrogen) atoms. The number of carbonyl (C=O) groups is 1. The molecule has 1 unspecified atom stereocenters. The fraction of sp³-hybridized carbons (Fsp3) is 0.421. The molecule has 3 heterocycles. The first kappa shape index (κ1) is 18.8. The maximum atomic E-state index is 12.6. The fourth-order valence-corrected chi connectivity index (χ4v) is 3.65. The molecule has 0 spiro atoms. The highest BCUT2D eigenvalue weighted by Gasteiger charge is 2.58. The van der Waals surface area contributed by atoms with E-state index in [0.717, 1.165) is 0 Å². The number of aromatic nitrogens is 2. The number of hydrogen-bond acceptors (Lipinski definition) is 7. The maximum absolute atomic E-state index is 12.6. The maximum Gasteiger partial charge on any atom is 0.351 e. The zero-order valence-electron chi connectivity index (χ0n) is 15.2. The van der Waals surface area contributed by atoms with Gasteiger partial charge in [-0.15, -0.1) is 0 Å². The SMILES string of the molecule is Cc1cn([C@@H]2O[C@@]3(CO)CCO[C@H]2C3O)c(=O)nc1NC(=O)c1ccccc1. The van der Waals surface area contributed by atoms with Crippen LogP contribution in [0.1, 0.15) is 28.6 Å². The van der Waals surface area contributed by atoms with Gasteiger partial charge in [0.25, 0.3) is 5.91 Å². The Morgan fingerprint density at radius 3 is 2.82 bits per heavy atom. The molecule has 9 heteroatoms. The van der Waals surface area contributed by atoms with Gasteiger partial charge in [0.1, 0.15) is 23.6 Å². The topological polar surface area (TPSA) is 123 Å². The number of ether oxygens (including phenoxy) is 2. The van der Waals surface area contributed by atoms with E-state index in [9.17, 15) is 19.8 Å². The van der Waals surface area contributed by atoms with Gasteiger partial charge in [-0.25, -0.2) is 4.79 Å². The molecule has 148 valence electrons. The number of rotatable bonds is 4. The van der Waals surface area contributed by atoms with E-state index in [-0.39, 0.29) is 18.3 Å². The lowest BCUT2D eigenvalue weighted by atomic mass is 9.90. The van der Waals surface area contributed by atoms with Crippen molar-refractivity contribution in [2.75, 3.05) is 18.5 Å². The van der Waals surface area contributed by atoms with Gasteiger partial charge in [-0.05, 0) is 19.1 Å². The summed E-state index contributed by atoms with van der Waals surface area (Å²) in [6, 6.07) is 8.60. The first-order valence-corrected chi connectivity index (χ1v) is 9.00. The van der Waals surface area contributed by atoms with Crippen LogP contribution in [0.4, 0.5) is 5.82 Å². The third-order valence-corrected chi connectivity index (χ3v) is 5.27. The van der Waals surface area contributed by atoms with Crippen LogP contribution < -0.4 is 11.0 Å². The minimum Gasteiger partial charge on any atom is -0.393 e. The fourth-order valence-electron chi connectivity index (χ4n) is 3.65. The highest BCUT2D eigenvalue weighted by atomic mass is 16.6. The van der Waals surface area contributed by atoms with Crippen molar-refractivity contribution in [2.45, 2.75) is 37.4 Å². The van der Waals surface area contributed by atoms with E-state index < -0.39 is 29.7 Å². The summed E-state index contributed by atoms with van der Waals surface area (Å²) in [4.78, 5) is 28.9. The van der Waals surface area contributed by atoms with Gasteiger partial charge in [0.05, 0.1) is 13.2 Å². The van der Waals surface area contributed by atoms with E-state index in [1.807, 2.05) is 0 Å². The van der Waals surface area contributed by atoms with Gasteiger partial charge >= 0.3 is 5.69 Å². The van der Waals surface area contributed by atoms with Crippen molar-refractivity contribution in [1.82, 2.24) is 9.55 Å². The molecular weight excluding hydrogens is 366 g/mol. The molecule has 2 saturated heterocycles. The van der Waals surface area contributed by atoms with E-state index in [1.165, 1.54) is 10.8 Å². The Morgan fingerprint density at radius 1 is 1.39 bits per heavy atom. The third kappa shape index (κ3) is 3.02. The van der Waals surface area contributed by atoms with Crippen molar-refractivity contribution in [3.05, 3.63) is 58.1 Å². The average Bonchev–Trinajstić information content (AvgIpc) is 2.86. The van der Waals surface area contributed by atoms with Gasteiger partial charge < -0.3 is 25.0 Å². The van der Waals surface area contributed by atoms with Crippen LogP contribution in [-0.2, 0) is 9.47 Å². The average molecular weight is 387 g/mol. The molecule has 4 atom stereocenters. The van der Waals surface area contributed by atoms with Gasteiger partial charge in [-0.3, -0.25) is 9.36 Å². The summed E-state index contributed by atoms with van der Waals surface area (Å²) < 4.78 is 12.7. The summed E-state index contributed by atoms with van der Waals surface area (Å²) in [5, 5.41) is 22.8. The van der Waals surface area contributed by atoms with Crippen LogP contribution in [-0.4, -0.2) is 56.7 Å². The highest BCUT2D eigenvalue weighted by Crippen LogP contribution is 2.43. The molecule has 0 saturated carbocycles. The van der Waals surface area contributed by atoms with E-state index >= 15 is 0 Å². The summed E-state index contributed by atoms with van der Waals surface area (Å²) in [7, 11) is 0. The number of aliphatic hydroxyl groups is 2. The number of anilines is 1. The summed E-state index contributed by atoms with van der Waals surface area (Å²) in [6.45, 7) is 1.63. The lowest BCUT2D eigenvalue weighted by Crippen LogP contribution is -2.51. The zero-order chi connectivity index (χ0) is 19.9. The molecule has 2 aliphatic rings. The normalized spacial score (nSPS) is 28.9. The summed E-state index contributed by atoms with van der Waals surface area (Å²) in [5.41, 5.74) is -0.819. The number of carbonyl (C=O) groups excluding carboxylic acids is 1. The molecule has 0 radical (unpaired) electrons. The first-order chi connectivity index (χ1) is 13.4. The number of nitrogens with zero attached hydrogens (tertiary/aromatic N) is 2. The lowest BCUT2D eigenvalue weighted by molar-refractivity contribution is -0.144. The van der Waals surface area contributed by atoms with Crippen LogP contribution in [0.3, 0.4) is 0 Å². The predicted octanol–water partition coefficient (Wildman–Crippen LogP) is 0.214. The molecule has 0 aliphatic carbocycles.